The minimum atomic E-state index is -0.139. The highest BCUT2D eigenvalue weighted by molar-refractivity contribution is 7.00. The van der Waals surface area contributed by atoms with Gasteiger partial charge in [-0.15, -0.1) is 0 Å². The molecule has 3 heterocycles. The number of para-hydroxylation sites is 1. The Balaban J connectivity index is 1.27. The van der Waals surface area contributed by atoms with Gasteiger partial charge in [0, 0.05) is 39.4 Å². The molecule has 4 heteroatoms. The third-order valence-electron chi connectivity index (χ3n) is 19.0. The van der Waals surface area contributed by atoms with Crippen molar-refractivity contribution in [2.75, 3.05) is 9.80 Å². The van der Waals surface area contributed by atoms with Gasteiger partial charge in [-0.25, -0.2) is 0 Å². The van der Waals surface area contributed by atoms with Crippen LogP contribution in [-0.2, 0) is 43.3 Å². The molecule has 7 aromatic rings. The van der Waals surface area contributed by atoms with E-state index in [0.717, 1.165) is 17.6 Å². The van der Waals surface area contributed by atoms with Gasteiger partial charge in [0.15, 0.2) is 0 Å². The summed E-state index contributed by atoms with van der Waals surface area (Å²) in [4.78, 5) is 5.45. The third kappa shape index (κ3) is 6.66. The van der Waals surface area contributed by atoms with E-state index in [2.05, 4.69) is 225 Å². The van der Waals surface area contributed by atoms with Crippen molar-refractivity contribution < 1.29 is 4.42 Å². The van der Waals surface area contributed by atoms with Crippen molar-refractivity contribution in [2.24, 2.45) is 0 Å². The van der Waals surface area contributed by atoms with Crippen LogP contribution < -0.4 is 26.2 Å². The molecular weight excluding hydrogens is 860 g/mol. The summed E-state index contributed by atoms with van der Waals surface area (Å²) in [6.07, 6.45) is 5.83. The first kappa shape index (κ1) is 46.8. The zero-order valence-electron chi connectivity index (χ0n) is 46.6. The lowest BCUT2D eigenvalue weighted by Crippen LogP contribution is -2.62. The Bertz CT molecular complexity index is 3450. The molecule has 3 aliphatic carbocycles. The molecule has 366 valence electrons. The Morgan fingerprint density at radius 3 is 1.52 bits per heavy atom. The Morgan fingerprint density at radius 1 is 0.451 bits per heavy atom. The van der Waals surface area contributed by atoms with Gasteiger partial charge in [-0.2, -0.15) is 0 Å². The molecule has 5 aliphatic rings. The lowest BCUT2D eigenvalue weighted by Gasteiger charge is -2.48. The maximum Gasteiger partial charge on any atom is 0.252 e. The molecule has 0 saturated heterocycles. The molecule has 2 aliphatic heterocycles. The van der Waals surface area contributed by atoms with Gasteiger partial charge in [-0.05, 0) is 179 Å². The normalized spacial score (nSPS) is 20.6. The second-order valence-corrected chi connectivity index (χ2v) is 29.1. The number of nitrogens with zero attached hydrogens (tertiary/aromatic N) is 2. The Kier molecular flexibility index (Phi) is 9.43. The molecule has 0 N–H and O–H groups in total. The van der Waals surface area contributed by atoms with E-state index in [1.165, 1.54) is 131 Å². The smallest absolute Gasteiger partial charge is 0.252 e. The van der Waals surface area contributed by atoms with Crippen molar-refractivity contribution in [3.05, 3.63) is 136 Å². The predicted octanol–water partition coefficient (Wildman–Crippen LogP) is 16.9. The van der Waals surface area contributed by atoms with Crippen LogP contribution >= 0.6 is 0 Å². The van der Waals surface area contributed by atoms with Crippen molar-refractivity contribution in [1.29, 1.82) is 0 Å². The molecule has 0 atom stereocenters. The summed E-state index contributed by atoms with van der Waals surface area (Å²) in [5.74, 6) is 0. The van der Waals surface area contributed by atoms with E-state index < -0.39 is 0 Å². The van der Waals surface area contributed by atoms with Gasteiger partial charge >= 0.3 is 0 Å². The largest absolute Gasteiger partial charge is 0.456 e. The van der Waals surface area contributed by atoms with E-state index in [9.17, 15) is 0 Å². The van der Waals surface area contributed by atoms with E-state index >= 15 is 0 Å². The summed E-state index contributed by atoms with van der Waals surface area (Å²) in [7, 11) is 0. The van der Waals surface area contributed by atoms with Crippen LogP contribution in [0.4, 0.5) is 34.1 Å². The van der Waals surface area contributed by atoms with Gasteiger partial charge in [-0.1, -0.05) is 167 Å². The topological polar surface area (TPSA) is 19.6 Å². The van der Waals surface area contributed by atoms with Crippen molar-refractivity contribution in [3.8, 4) is 0 Å². The van der Waals surface area contributed by atoms with E-state index in [-0.39, 0.29) is 50.0 Å². The highest BCUT2D eigenvalue weighted by atomic mass is 16.3. The van der Waals surface area contributed by atoms with E-state index in [1.807, 2.05) is 0 Å². The highest BCUT2D eigenvalue weighted by Gasteiger charge is 2.51. The molecule has 0 saturated carbocycles. The quantitative estimate of drug-likeness (QED) is 0.161. The number of furan rings is 1. The number of rotatable bonds is 2. The van der Waals surface area contributed by atoms with Crippen LogP contribution in [-0.4, -0.2) is 6.71 Å². The second-order valence-electron chi connectivity index (χ2n) is 29.1. The monoisotopic (exact) mass is 939 g/mol. The van der Waals surface area contributed by atoms with Gasteiger partial charge in [-0.3, -0.25) is 0 Å². The summed E-state index contributed by atoms with van der Waals surface area (Å²) in [6.45, 7) is 44.0. The van der Waals surface area contributed by atoms with Gasteiger partial charge < -0.3 is 14.2 Å². The first-order valence-corrected chi connectivity index (χ1v) is 27.2. The lowest BCUT2D eigenvalue weighted by atomic mass is 9.32. The summed E-state index contributed by atoms with van der Waals surface area (Å²) in [6, 6.07) is 37.1. The average molecular weight is 939 g/mol. The highest BCUT2D eigenvalue weighted by Crippen LogP contribution is 2.57. The van der Waals surface area contributed by atoms with Crippen LogP contribution in [0.1, 0.15) is 201 Å². The number of anilines is 6. The van der Waals surface area contributed by atoms with Crippen LogP contribution in [0.3, 0.4) is 0 Å². The van der Waals surface area contributed by atoms with E-state index in [1.54, 1.807) is 0 Å². The SMILES string of the molecule is CC(C)(C)c1cc2c3c(c1)N(c1ccc(C(C)(C)C)c4oc5ccccc5c14)c1cc4c(cc1B3c1cc3c(cc1N2c1ccc2c(c1)C(C)(C)CCC2(C)C)C(C)(C)CCC3(C)C)C(C)(C)CC4(C)C. The van der Waals surface area contributed by atoms with Crippen molar-refractivity contribution in [2.45, 2.75) is 200 Å². The minimum Gasteiger partial charge on any atom is -0.456 e. The summed E-state index contributed by atoms with van der Waals surface area (Å²) in [5.41, 5.74) is 25.5. The fourth-order valence-electron chi connectivity index (χ4n) is 14.8. The average Bonchev–Trinajstić information content (AvgIpc) is 3.75. The van der Waals surface area contributed by atoms with E-state index in [0.29, 0.717) is 0 Å². The number of hydrogen-bond acceptors (Lipinski definition) is 3. The van der Waals surface area contributed by atoms with Crippen LogP contribution in [0.5, 0.6) is 0 Å². The molecule has 0 unspecified atom stereocenters. The first-order valence-electron chi connectivity index (χ1n) is 27.2. The Labute approximate surface area is 426 Å². The van der Waals surface area contributed by atoms with E-state index in [4.69, 9.17) is 4.42 Å². The van der Waals surface area contributed by atoms with Crippen LogP contribution in [0.25, 0.3) is 21.9 Å². The fraction of sp³-hybridized carbons (Fsp3) is 0.463. The second kappa shape index (κ2) is 14.3. The molecule has 0 spiro atoms. The van der Waals surface area contributed by atoms with Gasteiger partial charge in [0.25, 0.3) is 6.71 Å². The van der Waals surface area contributed by atoms with Gasteiger partial charge in [0.2, 0.25) is 0 Å². The third-order valence-corrected chi connectivity index (χ3v) is 19.0. The molecule has 6 aromatic carbocycles. The molecule has 1 aromatic heterocycles. The summed E-state index contributed by atoms with van der Waals surface area (Å²) < 4.78 is 7.06. The molecule has 0 amide bonds. The molecule has 0 fully saturated rings. The maximum atomic E-state index is 7.06. The molecular formula is C67H79BN2O. The maximum absolute atomic E-state index is 7.06. The van der Waals surface area contributed by atoms with Gasteiger partial charge in [0.1, 0.15) is 11.2 Å². The molecule has 0 radical (unpaired) electrons. The Hall–Kier alpha value is -5.22. The van der Waals surface area contributed by atoms with Crippen molar-refractivity contribution >= 4 is 79.2 Å². The number of hydrogen-bond donors (Lipinski definition) is 0. The molecule has 71 heavy (non-hydrogen) atoms. The molecule has 3 nitrogen and oxygen atoms in total. The summed E-state index contributed by atoms with van der Waals surface area (Å²) in [5, 5.41) is 2.36. The van der Waals surface area contributed by atoms with Crippen molar-refractivity contribution in [1.82, 2.24) is 0 Å². The predicted molar refractivity (Wildman–Crippen MR) is 306 cm³/mol. The standard InChI is InChI=1S/C67H79BN2O/c1-60(2,3)39-31-54-58-55(32-39)70(51-26-25-43(61(4,5)6)59-57(51)41-21-19-20-22-56(41)71-59)53-37-48-46(66(15,16)38-67(48,17)18)35-50(53)68(58)49-34-45-47(65(13,14)30-29-64(45,11)12)36-52(49)69(54)40-23-24-42-44(33-40)63(9,10)28-27-62(42,7)8/h19-26,31-37H,27-30,38H2,1-18H3. The van der Waals surface area contributed by atoms with Crippen molar-refractivity contribution in [3.63, 3.8) is 0 Å². The zero-order valence-corrected chi connectivity index (χ0v) is 46.6. The molecule has 12 rings (SSSR count). The fourth-order valence-corrected chi connectivity index (χ4v) is 14.8. The number of fused-ring (bicyclic) bond motifs is 10. The van der Waals surface area contributed by atoms with Crippen LogP contribution in [0.15, 0.2) is 95.4 Å². The Morgan fingerprint density at radius 2 is 0.944 bits per heavy atom. The lowest BCUT2D eigenvalue weighted by molar-refractivity contribution is 0.332. The number of benzene rings is 6. The first-order chi connectivity index (χ1) is 32.9. The summed E-state index contributed by atoms with van der Waals surface area (Å²) >= 11 is 0. The van der Waals surface area contributed by atoms with Crippen LogP contribution in [0, 0.1) is 0 Å². The van der Waals surface area contributed by atoms with Gasteiger partial charge in [0.05, 0.1) is 11.1 Å². The zero-order chi connectivity index (χ0) is 50.7. The van der Waals surface area contributed by atoms with Crippen LogP contribution in [0.2, 0.25) is 0 Å². The molecule has 0 bridgehead atoms. The minimum absolute atomic E-state index is 0.0106.